The quantitative estimate of drug-likeness (QED) is 0.648. The monoisotopic (exact) mass is 224 g/mol. The zero-order valence-corrected chi connectivity index (χ0v) is 10.1. The highest BCUT2D eigenvalue weighted by molar-refractivity contribution is 5.76. The lowest BCUT2D eigenvalue weighted by atomic mass is 10.1. The van der Waals surface area contributed by atoms with Crippen molar-refractivity contribution >= 4 is 5.91 Å². The molecule has 1 rings (SSSR count). The first-order valence-corrected chi connectivity index (χ1v) is 5.47. The largest absolute Gasteiger partial charge is 0.351 e. The van der Waals surface area contributed by atoms with Gasteiger partial charge in [0.1, 0.15) is 5.82 Å². The summed E-state index contributed by atoms with van der Waals surface area (Å²) in [6.45, 7) is 7.24. The van der Waals surface area contributed by atoms with Crippen LogP contribution in [0.15, 0.2) is 12.4 Å². The highest BCUT2D eigenvalue weighted by Gasteiger charge is 2.12. The van der Waals surface area contributed by atoms with Crippen LogP contribution >= 0.6 is 0 Å². The predicted molar refractivity (Wildman–Crippen MR) is 62.8 cm³/mol. The lowest BCUT2D eigenvalue weighted by Gasteiger charge is -2.20. The molecule has 16 heavy (non-hydrogen) atoms. The summed E-state index contributed by atoms with van der Waals surface area (Å²) in [6, 6.07) is 0. The molecule has 1 heterocycles. The molecule has 0 saturated heterocycles. The number of carbonyl (C=O) groups is 1. The molecular weight excluding hydrogens is 204 g/mol. The Morgan fingerprint density at radius 2 is 2.25 bits per heavy atom. The Balaban J connectivity index is 2.09. The maximum Gasteiger partial charge on any atom is 0.221 e. The number of hydrogen-bond donors (Lipinski definition) is 3. The van der Waals surface area contributed by atoms with E-state index >= 15 is 0 Å². The number of aromatic nitrogens is 2. The number of H-pyrrole nitrogens is 1. The Kier molecular flexibility index (Phi) is 4.49. The van der Waals surface area contributed by atoms with E-state index < -0.39 is 0 Å². The Hall–Kier alpha value is -1.36. The molecule has 90 valence electrons. The van der Waals surface area contributed by atoms with E-state index in [9.17, 15) is 4.79 Å². The van der Waals surface area contributed by atoms with E-state index in [-0.39, 0.29) is 11.4 Å². The third-order valence-electron chi connectivity index (χ3n) is 1.89. The summed E-state index contributed by atoms with van der Waals surface area (Å²) < 4.78 is 0. The van der Waals surface area contributed by atoms with Gasteiger partial charge in [-0.1, -0.05) is 0 Å². The second-order valence-corrected chi connectivity index (χ2v) is 4.76. The van der Waals surface area contributed by atoms with Crippen LogP contribution in [0.4, 0.5) is 0 Å². The molecule has 1 amide bonds. The zero-order chi connectivity index (χ0) is 12.0. The van der Waals surface area contributed by atoms with Crippen molar-refractivity contribution in [1.82, 2.24) is 20.6 Å². The molecule has 1 aromatic heterocycles. The topological polar surface area (TPSA) is 69.8 Å². The Labute approximate surface area is 96.0 Å². The third kappa shape index (κ3) is 5.50. The lowest BCUT2D eigenvalue weighted by molar-refractivity contribution is -0.122. The van der Waals surface area contributed by atoms with Gasteiger partial charge in [-0.3, -0.25) is 4.79 Å². The second kappa shape index (κ2) is 5.65. The van der Waals surface area contributed by atoms with E-state index in [0.29, 0.717) is 19.5 Å². The first kappa shape index (κ1) is 12.7. The molecule has 0 fully saturated rings. The van der Waals surface area contributed by atoms with Crippen LogP contribution in [0.25, 0.3) is 0 Å². The number of rotatable bonds is 5. The molecule has 0 aromatic carbocycles. The van der Waals surface area contributed by atoms with Gasteiger partial charge in [-0.2, -0.15) is 0 Å². The summed E-state index contributed by atoms with van der Waals surface area (Å²) in [5.74, 6) is 0.954. The molecule has 0 aliphatic carbocycles. The van der Waals surface area contributed by atoms with Crippen molar-refractivity contribution in [2.75, 3.05) is 6.54 Å². The molecular formula is C11H20N4O. The summed E-state index contributed by atoms with van der Waals surface area (Å²) in [5.41, 5.74) is -0.155. The van der Waals surface area contributed by atoms with Gasteiger partial charge in [0, 0.05) is 30.9 Å². The Bertz CT molecular complexity index is 313. The fourth-order valence-electron chi connectivity index (χ4n) is 1.28. The van der Waals surface area contributed by atoms with Gasteiger partial charge in [-0.15, -0.1) is 0 Å². The molecule has 5 nitrogen and oxygen atoms in total. The van der Waals surface area contributed by atoms with Gasteiger partial charge in [0.25, 0.3) is 0 Å². The van der Waals surface area contributed by atoms with Gasteiger partial charge in [0.2, 0.25) is 5.91 Å². The summed E-state index contributed by atoms with van der Waals surface area (Å²) in [6.07, 6.45) is 3.98. The molecule has 0 saturated carbocycles. The van der Waals surface area contributed by atoms with Gasteiger partial charge in [0.15, 0.2) is 0 Å². The van der Waals surface area contributed by atoms with E-state index in [1.165, 1.54) is 0 Å². The standard InChI is InChI=1S/C11H20N4O/c1-11(2,3)15-10(16)4-5-12-8-9-13-6-7-14-9/h6-7,12H,4-5,8H2,1-3H3,(H,13,14)(H,15,16). The number of nitrogens with zero attached hydrogens (tertiary/aromatic N) is 1. The van der Waals surface area contributed by atoms with Crippen LogP contribution in [-0.2, 0) is 11.3 Å². The van der Waals surface area contributed by atoms with Crippen molar-refractivity contribution in [3.05, 3.63) is 18.2 Å². The Morgan fingerprint density at radius 3 is 2.81 bits per heavy atom. The molecule has 0 atom stereocenters. The molecule has 0 unspecified atom stereocenters. The minimum absolute atomic E-state index is 0.0689. The van der Waals surface area contributed by atoms with E-state index in [1.54, 1.807) is 12.4 Å². The molecule has 0 aliphatic heterocycles. The number of carbonyl (C=O) groups excluding carboxylic acids is 1. The summed E-state index contributed by atoms with van der Waals surface area (Å²) >= 11 is 0. The molecule has 3 N–H and O–H groups in total. The first-order valence-electron chi connectivity index (χ1n) is 5.47. The van der Waals surface area contributed by atoms with E-state index in [2.05, 4.69) is 20.6 Å². The number of amides is 1. The average Bonchev–Trinajstić information content (AvgIpc) is 2.62. The van der Waals surface area contributed by atoms with Crippen molar-refractivity contribution in [3.8, 4) is 0 Å². The molecule has 0 spiro atoms. The minimum atomic E-state index is -0.155. The van der Waals surface area contributed by atoms with Crippen molar-refractivity contribution < 1.29 is 4.79 Å². The van der Waals surface area contributed by atoms with Crippen molar-refractivity contribution in [2.24, 2.45) is 0 Å². The Morgan fingerprint density at radius 1 is 1.50 bits per heavy atom. The van der Waals surface area contributed by atoms with Crippen molar-refractivity contribution in [3.63, 3.8) is 0 Å². The van der Waals surface area contributed by atoms with Gasteiger partial charge in [-0.05, 0) is 20.8 Å². The highest BCUT2D eigenvalue weighted by Crippen LogP contribution is 1.98. The van der Waals surface area contributed by atoms with Crippen LogP contribution in [-0.4, -0.2) is 28.0 Å². The first-order chi connectivity index (χ1) is 7.47. The SMILES string of the molecule is CC(C)(C)NC(=O)CCNCc1ncc[nH]1. The number of imidazole rings is 1. The highest BCUT2D eigenvalue weighted by atomic mass is 16.1. The second-order valence-electron chi connectivity index (χ2n) is 4.76. The van der Waals surface area contributed by atoms with Crippen LogP contribution in [0, 0.1) is 0 Å². The number of hydrogen-bond acceptors (Lipinski definition) is 3. The molecule has 5 heteroatoms. The van der Waals surface area contributed by atoms with E-state index in [0.717, 1.165) is 5.82 Å². The lowest BCUT2D eigenvalue weighted by Crippen LogP contribution is -2.41. The molecule has 0 bridgehead atoms. The van der Waals surface area contributed by atoms with Gasteiger partial charge >= 0.3 is 0 Å². The average molecular weight is 224 g/mol. The summed E-state index contributed by atoms with van der Waals surface area (Å²) in [4.78, 5) is 18.5. The van der Waals surface area contributed by atoms with Crippen LogP contribution in [0.3, 0.4) is 0 Å². The zero-order valence-electron chi connectivity index (χ0n) is 10.1. The summed E-state index contributed by atoms with van der Waals surface area (Å²) in [5, 5.41) is 6.06. The third-order valence-corrected chi connectivity index (χ3v) is 1.89. The van der Waals surface area contributed by atoms with Gasteiger partial charge in [-0.25, -0.2) is 4.98 Å². The summed E-state index contributed by atoms with van der Waals surface area (Å²) in [7, 11) is 0. The molecule has 0 radical (unpaired) electrons. The van der Waals surface area contributed by atoms with E-state index in [1.807, 2.05) is 20.8 Å². The predicted octanol–water partition coefficient (Wildman–Crippen LogP) is 0.804. The smallest absolute Gasteiger partial charge is 0.221 e. The molecule has 1 aromatic rings. The minimum Gasteiger partial charge on any atom is -0.351 e. The van der Waals surface area contributed by atoms with Crippen molar-refractivity contribution in [1.29, 1.82) is 0 Å². The molecule has 0 aliphatic rings. The van der Waals surface area contributed by atoms with Crippen LogP contribution in [0.1, 0.15) is 33.0 Å². The van der Waals surface area contributed by atoms with Crippen LogP contribution in [0.5, 0.6) is 0 Å². The normalized spacial score (nSPS) is 11.4. The fourth-order valence-corrected chi connectivity index (χ4v) is 1.28. The maximum absolute atomic E-state index is 11.4. The van der Waals surface area contributed by atoms with Gasteiger partial charge < -0.3 is 15.6 Å². The van der Waals surface area contributed by atoms with Crippen LogP contribution < -0.4 is 10.6 Å². The number of aromatic amines is 1. The van der Waals surface area contributed by atoms with Crippen molar-refractivity contribution in [2.45, 2.75) is 39.3 Å². The van der Waals surface area contributed by atoms with Gasteiger partial charge in [0.05, 0.1) is 6.54 Å². The maximum atomic E-state index is 11.4. The van der Waals surface area contributed by atoms with E-state index in [4.69, 9.17) is 0 Å². The van der Waals surface area contributed by atoms with Crippen LogP contribution in [0.2, 0.25) is 0 Å². The fraction of sp³-hybridized carbons (Fsp3) is 0.636. The number of nitrogens with one attached hydrogen (secondary N) is 3.